The SMILES string of the molecule is CCCCOc1ccc(C(=O)Nc2ccc3c(c2)C(=O)CC(C)(C)O3)cc1OCC. The van der Waals surface area contributed by atoms with E-state index in [4.69, 9.17) is 14.2 Å². The average molecular weight is 411 g/mol. The molecule has 0 saturated carbocycles. The van der Waals surface area contributed by atoms with Gasteiger partial charge in [-0.1, -0.05) is 13.3 Å². The van der Waals surface area contributed by atoms with Gasteiger partial charge in [-0.25, -0.2) is 0 Å². The second-order valence-corrected chi connectivity index (χ2v) is 7.92. The molecule has 0 unspecified atom stereocenters. The summed E-state index contributed by atoms with van der Waals surface area (Å²) in [6.07, 6.45) is 2.29. The fourth-order valence-corrected chi connectivity index (χ4v) is 3.30. The van der Waals surface area contributed by atoms with Gasteiger partial charge in [-0.05, 0) is 63.6 Å². The Bertz CT molecular complexity index is 935. The molecule has 30 heavy (non-hydrogen) atoms. The number of hydrogen-bond acceptors (Lipinski definition) is 5. The van der Waals surface area contributed by atoms with E-state index in [0.29, 0.717) is 53.7 Å². The largest absolute Gasteiger partial charge is 0.490 e. The summed E-state index contributed by atoms with van der Waals surface area (Å²) in [6, 6.07) is 10.2. The topological polar surface area (TPSA) is 73.9 Å². The Labute approximate surface area is 177 Å². The van der Waals surface area contributed by atoms with Crippen LogP contribution < -0.4 is 19.5 Å². The summed E-state index contributed by atoms with van der Waals surface area (Å²) < 4.78 is 17.3. The van der Waals surface area contributed by atoms with Gasteiger partial charge in [0.2, 0.25) is 0 Å². The van der Waals surface area contributed by atoms with E-state index >= 15 is 0 Å². The number of anilines is 1. The van der Waals surface area contributed by atoms with Crippen LogP contribution in [-0.4, -0.2) is 30.5 Å². The summed E-state index contributed by atoms with van der Waals surface area (Å²) in [4.78, 5) is 25.2. The molecule has 160 valence electrons. The van der Waals surface area contributed by atoms with Crippen LogP contribution in [0.3, 0.4) is 0 Å². The molecule has 2 aromatic rings. The molecule has 1 N–H and O–H groups in total. The van der Waals surface area contributed by atoms with Crippen LogP contribution in [0.4, 0.5) is 5.69 Å². The van der Waals surface area contributed by atoms with Crippen molar-refractivity contribution in [3.05, 3.63) is 47.5 Å². The average Bonchev–Trinajstić information content (AvgIpc) is 2.69. The quantitative estimate of drug-likeness (QED) is 0.600. The van der Waals surface area contributed by atoms with Crippen LogP contribution in [0.5, 0.6) is 17.2 Å². The highest BCUT2D eigenvalue weighted by atomic mass is 16.5. The standard InChI is InChI=1S/C24H29NO5/c1-5-7-12-29-21-10-8-16(13-22(21)28-6-2)23(27)25-17-9-11-20-18(14-17)19(26)15-24(3,4)30-20/h8-11,13-14H,5-7,12,15H2,1-4H3,(H,25,27). The summed E-state index contributed by atoms with van der Waals surface area (Å²) in [5.74, 6) is 1.42. The van der Waals surface area contributed by atoms with Gasteiger partial charge in [-0.2, -0.15) is 0 Å². The van der Waals surface area contributed by atoms with Gasteiger partial charge in [0.05, 0.1) is 25.2 Å². The number of nitrogens with one attached hydrogen (secondary N) is 1. The van der Waals surface area contributed by atoms with E-state index < -0.39 is 5.60 Å². The van der Waals surface area contributed by atoms with Gasteiger partial charge < -0.3 is 19.5 Å². The number of carbonyl (C=O) groups is 2. The number of hydrogen-bond donors (Lipinski definition) is 1. The monoisotopic (exact) mass is 411 g/mol. The molecule has 6 nitrogen and oxygen atoms in total. The van der Waals surface area contributed by atoms with Gasteiger partial charge in [0, 0.05) is 11.3 Å². The van der Waals surface area contributed by atoms with E-state index in [9.17, 15) is 9.59 Å². The minimum atomic E-state index is -0.522. The number of fused-ring (bicyclic) bond motifs is 1. The number of carbonyl (C=O) groups excluding carboxylic acids is 2. The van der Waals surface area contributed by atoms with Crippen LogP contribution in [-0.2, 0) is 0 Å². The first kappa shape index (κ1) is 21.7. The van der Waals surface area contributed by atoms with E-state index in [2.05, 4.69) is 12.2 Å². The van der Waals surface area contributed by atoms with Gasteiger partial charge in [0.15, 0.2) is 17.3 Å². The lowest BCUT2D eigenvalue weighted by Gasteiger charge is -2.31. The lowest BCUT2D eigenvalue weighted by atomic mass is 9.93. The maximum absolute atomic E-state index is 12.8. The van der Waals surface area contributed by atoms with E-state index in [1.807, 2.05) is 20.8 Å². The summed E-state index contributed by atoms with van der Waals surface area (Å²) in [6.45, 7) is 8.82. The van der Waals surface area contributed by atoms with Gasteiger partial charge in [0.1, 0.15) is 11.4 Å². The molecule has 1 heterocycles. The number of unbranched alkanes of at least 4 members (excludes halogenated alkanes) is 1. The van der Waals surface area contributed by atoms with Gasteiger partial charge >= 0.3 is 0 Å². The zero-order valence-electron chi connectivity index (χ0n) is 18.0. The molecule has 0 fully saturated rings. The number of rotatable bonds is 8. The molecule has 0 atom stereocenters. The number of benzene rings is 2. The van der Waals surface area contributed by atoms with Crippen LogP contribution in [0, 0.1) is 0 Å². The summed E-state index contributed by atoms with van der Waals surface area (Å²) in [5, 5.41) is 2.85. The minimum absolute atomic E-state index is 0.00422. The van der Waals surface area contributed by atoms with E-state index in [1.165, 1.54) is 0 Å². The van der Waals surface area contributed by atoms with Gasteiger partial charge in [-0.15, -0.1) is 0 Å². The molecule has 0 saturated heterocycles. The Morgan fingerprint density at radius 3 is 2.63 bits per heavy atom. The first-order chi connectivity index (χ1) is 14.3. The highest BCUT2D eigenvalue weighted by Crippen LogP contribution is 2.35. The van der Waals surface area contributed by atoms with Crippen molar-refractivity contribution >= 4 is 17.4 Å². The molecule has 0 bridgehead atoms. The Morgan fingerprint density at radius 2 is 1.90 bits per heavy atom. The molecule has 0 spiro atoms. The third-order valence-electron chi connectivity index (χ3n) is 4.77. The Morgan fingerprint density at radius 1 is 1.10 bits per heavy atom. The van der Waals surface area contributed by atoms with Crippen molar-refractivity contribution in [1.29, 1.82) is 0 Å². The van der Waals surface area contributed by atoms with Crippen LogP contribution in [0.25, 0.3) is 0 Å². The molecule has 1 amide bonds. The summed E-state index contributed by atoms with van der Waals surface area (Å²) in [5.41, 5.74) is 0.951. The minimum Gasteiger partial charge on any atom is -0.490 e. The maximum Gasteiger partial charge on any atom is 0.255 e. The molecule has 2 aromatic carbocycles. The van der Waals surface area contributed by atoms with Crippen LogP contribution >= 0.6 is 0 Å². The predicted molar refractivity (Wildman–Crippen MR) is 116 cm³/mol. The molecule has 1 aliphatic rings. The van der Waals surface area contributed by atoms with Crippen molar-refractivity contribution < 1.29 is 23.8 Å². The van der Waals surface area contributed by atoms with Gasteiger partial charge in [0.25, 0.3) is 5.91 Å². The zero-order valence-corrected chi connectivity index (χ0v) is 18.0. The molecular weight excluding hydrogens is 382 g/mol. The van der Waals surface area contributed by atoms with Crippen LogP contribution in [0.15, 0.2) is 36.4 Å². The van der Waals surface area contributed by atoms with Crippen LogP contribution in [0.2, 0.25) is 0 Å². The molecule has 0 aromatic heterocycles. The van der Waals surface area contributed by atoms with Crippen molar-refractivity contribution in [2.75, 3.05) is 18.5 Å². The van der Waals surface area contributed by atoms with E-state index in [1.54, 1.807) is 36.4 Å². The summed E-state index contributed by atoms with van der Waals surface area (Å²) in [7, 11) is 0. The Balaban J connectivity index is 1.76. The molecular formula is C24H29NO5. The Kier molecular flexibility index (Phi) is 6.65. The van der Waals surface area contributed by atoms with Crippen molar-refractivity contribution in [2.45, 2.75) is 52.6 Å². The first-order valence-electron chi connectivity index (χ1n) is 10.4. The highest BCUT2D eigenvalue weighted by Gasteiger charge is 2.32. The zero-order chi connectivity index (χ0) is 21.7. The van der Waals surface area contributed by atoms with Crippen molar-refractivity contribution in [2.24, 2.45) is 0 Å². The molecule has 0 radical (unpaired) electrons. The maximum atomic E-state index is 12.8. The smallest absolute Gasteiger partial charge is 0.255 e. The molecule has 3 rings (SSSR count). The second kappa shape index (κ2) is 9.20. The molecule has 0 aliphatic carbocycles. The second-order valence-electron chi connectivity index (χ2n) is 7.92. The lowest BCUT2D eigenvalue weighted by Crippen LogP contribution is -2.35. The van der Waals surface area contributed by atoms with E-state index in [0.717, 1.165) is 12.8 Å². The number of amides is 1. The first-order valence-corrected chi connectivity index (χ1v) is 10.4. The van der Waals surface area contributed by atoms with Crippen LogP contribution in [0.1, 0.15) is 67.7 Å². The number of ether oxygens (including phenoxy) is 3. The fourth-order valence-electron chi connectivity index (χ4n) is 3.30. The molecule has 6 heteroatoms. The fraction of sp³-hybridized carbons (Fsp3) is 0.417. The predicted octanol–water partition coefficient (Wildman–Crippen LogP) is 5.26. The highest BCUT2D eigenvalue weighted by molar-refractivity contribution is 6.06. The van der Waals surface area contributed by atoms with E-state index in [-0.39, 0.29) is 11.7 Å². The van der Waals surface area contributed by atoms with Gasteiger partial charge in [-0.3, -0.25) is 9.59 Å². The van der Waals surface area contributed by atoms with Crippen molar-refractivity contribution in [1.82, 2.24) is 0 Å². The number of Topliss-reactive ketones (excluding diaryl/α,β-unsaturated/α-hetero) is 1. The Hall–Kier alpha value is -3.02. The number of ketones is 1. The lowest BCUT2D eigenvalue weighted by molar-refractivity contribution is 0.0620. The third-order valence-corrected chi connectivity index (χ3v) is 4.77. The molecule has 1 aliphatic heterocycles. The summed E-state index contributed by atoms with van der Waals surface area (Å²) >= 11 is 0. The van der Waals surface area contributed by atoms with Crippen molar-refractivity contribution in [3.63, 3.8) is 0 Å². The third kappa shape index (κ3) is 5.12. The van der Waals surface area contributed by atoms with Crippen molar-refractivity contribution in [3.8, 4) is 17.2 Å². The normalized spacial score (nSPS) is 14.5.